The fraction of sp³-hybridized carbons (Fsp3) is 0.286. The first kappa shape index (κ1) is 15.0. The minimum Gasteiger partial charge on any atom is -0.307 e. The fourth-order valence-electron chi connectivity index (χ4n) is 2.69. The first-order valence-electron chi connectivity index (χ1n) is 7.07. The molecule has 4 rings (SSSR count). The fourth-order valence-corrected chi connectivity index (χ4v) is 3.57. The Balaban J connectivity index is 1.53. The Hall–Kier alpha value is -1.54. The predicted molar refractivity (Wildman–Crippen MR) is 89.5 cm³/mol. The molecule has 0 spiro atoms. The van der Waals surface area contributed by atoms with E-state index in [4.69, 9.17) is 23.2 Å². The lowest BCUT2D eigenvalue weighted by molar-refractivity contribution is 0.209. The maximum atomic E-state index is 6.26. The predicted octanol–water partition coefficient (Wildman–Crippen LogP) is 3.12. The van der Waals surface area contributed by atoms with Crippen LogP contribution in [0.4, 0.5) is 0 Å². The minimum atomic E-state index is 0.652. The Morgan fingerprint density at radius 3 is 2.87 bits per heavy atom. The Kier molecular flexibility index (Phi) is 4.02. The van der Waals surface area contributed by atoms with Gasteiger partial charge in [0.2, 0.25) is 0 Å². The zero-order chi connectivity index (χ0) is 15.8. The quantitative estimate of drug-likeness (QED) is 0.712. The second-order valence-corrected chi connectivity index (χ2v) is 6.73. The third kappa shape index (κ3) is 2.97. The van der Waals surface area contributed by atoms with E-state index in [1.165, 1.54) is 11.7 Å². The lowest BCUT2D eigenvalue weighted by Crippen LogP contribution is -2.33. The van der Waals surface area contributed by atoms with Crippen LogP contribution in [0.25, 0.3) is 11.5 Å². The molecule has 0 unspecified atom stereocenters. The molecule has 3 aromatic rings. The summed E-state index contributed by atoms with van der Waals surface area (Å²) in [5.41, 5.74) is 1.84. The van der Waals surface area contributed by atoms with Crippen LogP contribution in [0, 0.1) is 0 Å². The monoisotopic (exact) mass is 366 g/mol. The van der Waals surface area contributed by atoms with Gasteiger partial charge >= 0.3 is 0 Å². The molecule has 0 N–H and O–H groups in total. The van der Waals surface area contributed by atoms with Crippen molar-refractivity contribution < 1.29 is 0 Å². The van der Waals surface area contributed by atoms with E-state index in [1.807, 2.05) is 12.1 Å². The maximum absolute atomic E-state index is 6.26. The third-order valence-corrected chi connectivity index (χ3v) is 4.90. The molecule has 0 saturated carbocycles. The number of aromatic nitrogens is 5. The molecule has 0 saturated heterocycles. The van der Waals surface area contributed by atoms with E-state index in [0.29, 0.717) is 10.0 Å². The van der Waals surface area contributed by atoms with Crippen molar-refractivity contribution in [3.05, 3.63) is 45.8 Å². The van der Waals surface area contributed by atoms with E-state index in [2.05, 4.69) is 28.4 Å². The van der Waals surface area contributed by atoms with Crippen LogP contribution in [0.5, 0.6) is 0 Å². The van der Waals surface area contributed by atoms with E-state index < -0.39 is 0 Å². The van der Waals surface area contributed by atoms with Gasteiger partial charge in [-0.05, 0) is 17.7 Å². The molecular weight excluding hydrogens is 355 g/mol. The molecule has 0 radical (unpaired) electrons. The molecule has 3 heterocycles. The molecule has 1 aromatic carbocycles. The molecule has 0 fully saturated rings. The summed E-state index contributed by atoms with van der Waals surface area (Å²) in [4.78, 5) is 2.29. The molecule has 0 atom stereocenters. The molecule has 1 aliphatic rings. The SMILES string of the molecule is Clc1ccc(CN2CCn3c(nnc3-c3cnsn3)C2)c(Cl)c1. The van der Waals surface area contributed by atoms with Crippen LogP contribution in [0.15, 0.2) is 24.4 Å². The van der Waals surface area contributed by atoms with Crippen molar-refractivity contribution in [1.29, 1.82) is 0 Å². The number of nitrogens with zero attached hydrogens (tertiary/aromatic N) is 6. The van der Waals surface area contributed by atoms with Gasteiger partial charge in [-0.3, -0.25) is 4.90 Å². The Labute approximate surface area is 147 Å². The number of hydrogen-bond acceptors (Lipinski definition) is 6. The van der Waals surface area contributed by atoms with Crippen LogP contribution in [0.2, 0.25) is 10.0 Å². The Morgan fingerprint density at radius 2 is 2.09 bits per heavy atom. The molecule has 9 heteroatoms. The van der Waals surface area contributed by atoms with Crippen molar-refractivity contribution in [3.8, 4) is 11.5 Å². The van der Waals surface area contributed by atoms with E-state index in [9.17, 15) is 0 Å². The van der Waals surface area contributed by atoms with Gasteiger partial charge in [-0.1, -0.05) is 29.3 Å². The van der Waals surface area contributed by atoms with Crippen molar-refractivity contribution in [2.24, 2.45) is 0 Å². The van der Waals surface area contributed by atoms with Crippen molar-refractivity contribution in [3.63, 3.8) is 0 Å². The number of fused-ring (bicyclic) bond motifs is 1. The number of hydrogen-bond donors (Lipinski definition) is 0. The van der Waals surface area contributed by atoms with E-state index in [1.54, 1.807) is 12.3 Å². The second-order valence-electron chi connectivity index (χ2n) is 5.33. The molecule has 6 nitrogen and oxygen atoms in total. The highest BCUT2D eigenvalue weighted by Crippen LogP contribution is 2.25. The minimum absolute atomic E-state index is 0.652. The van der Waals surface area contributed by atoms with Gasteiger partial charge in [0.05, 0.1) is 24.5 Å². The molecule has 118 valence electrons. The second kappa shape index (κ2) is 6.16. The normalized spacial score (nSPS) is 14.9. The van der Waals surface area contributed by atoms with Crippen molar-refractivity contribution in [1.82, 2.24) is 28.4 Å². The summed E-state index contributed by atoms with van der Waals surface area (Å²) in [6, 6.07) is 5.61. The van der Waals surface area contributed by atoms with Gasteiger partial charge in [-0.15, -0.1) is 10.2 Å². The third-order valence-electron chi connectivity index (χ3n) is 3.83. The highest BCUT2D eigenvalue weighted by atomic mass is 35.5. The van der Waals surface area contributed by atoms with Crippen molar-refractivity contribution in [2.75, 3.05) is 6.54 Å². The molecule has 0 bridgehead atoms. The standard InChI is InChI=1S/C14H12Cl2N6S/c15-10-2-1-9(11(16)5-10)7-21-3-4-22-13(8-21)18-19-14(22)12-6-17-23-20-12/h1-2,5-6H,3-4,7-8H2. The van der Waals surface area contributed by atoms with Crippen LogP contribution < -0.4 is 0 Å². The van der Waals surface area contributed by atoms with Gasteiger partial charge in [0, 0.05) is 29.7 Å². The summed E-state index contributed by atoms with van der Waals surface area (Å²) < 4.78 is 10.4. The lowest BCUT2D eigenvalue weighted by atomic mass is 10.2. The van der Waals surface area contributed by atoms with Gasteiger partial charge in [-0.2, -0.15) is 8.75 Å². The zero-order valence-electron chi connectivity index (χ0n) is 12.0. The number of benzene rings is 1. The Morgan fingerprint density at radius 1 is 1.17 bits per heavy atom. The molecule has 23 heavy (non-hydrogen) atoms. The first-order valence-corrected chi connectivity index (χ1v) is 8.55. The van der Waals surface area contributed by atoms with Crippen LogP contribution >= 0.6 is 34.9 Å². The van der Waals surface area contributed by atoms with Crippen molar-refractivity contribution in [2.45, 2.75) is 19.6 Å². The van der Waals surface area contributed by atoms with Gasteiger partial charge < -0.3 is 4.57 Å². The molecule has 1 aliphatic heterocycles. The average molecular weight is 367 g/mol. The van der Waals surface area contributed by atoms with Crippen LogP contribution in [0.3, 0.4) is 0 Å². The largest absolute Gasteiger partial charge is 0.307 e. The summed E-state index contributed by atoms with van der Waals surface area (Å²) in [5, 5.41) is 9.90. The number of halogens is 2. The van der Waals surface area contributed by atoms with Crippen LogP contribution in [-0.4, -0.2) is 35.0 Å². The smallest absolute Gasteiger partial charge is 0.185 e. The number of rotatable bonds is 3. The van der Waals surface area contributed by atoms with Gasteiger partial charge in [0.25, 0.3) is 0 Å². The topological polar surface area (TPSA) is 59.7 Å². The maximum Gasteiger partial charge on any atom is 0.185 e. The first-order chi connectivity index (χ1) is 11.2. The van der Waals surface area contributed by atoms with Gasteiger partial charge in [0.1, 0.15) is 11.5 Å². The van der Waals surface area contributed by atoms with Gasteiger partial charge in [0.15, 0.2) is 5.82 Å². The van der Waals surface area contributed by atoms with Crippen LogP contribution in [0.1, 0.15) is 11.4 Å². The van der Waals surface area contributed by atoms with Crippen LogP contribution in [-0.2, 0) is 19.6 Å². The lowest BCUT2D eigenvalue weighted by Gasteiger charge is -2.27. The van der Waals surface area contributed by atoms with E-state index in [0.717, 1.165) is 49.1 Å². The summed E-state index contributed by atoms with van der Waals surface area (Å²) in [6.07, 6.45) is 1.72. The molecular formula is C14H12Cl2N6S. The summed E-state index contributed by atoms with van der Waals surface area (Å²) >= 11 is 13.4. The van der Waals surface area contributed by atoms with Crippen molar-refractivity contribution >= 4 is 34.9 Å². The highest BCUT2D eigenvalue weighted by molar-refractivity contribution is 6.99. The molecule has 0 amide bonds. The van der Waals surface area contributed by atoms with E-state index in [-0.39, 0.29) is 0 Å². The highest BCUT2D eigenvalue weighted by Gasteiger charge is 2.23. The molecule has 2 aromatic heterocycles. The summed E-state index contributed by atoms with van der Waals surface area (Å²) in [6.45, 7) is 3.20. The summed E-state index contributed by atoms with van der Waals surface area (Å²) in [5.74, 6) is 1.72. The average Bonchev–Trinajstić information content (AvgIpc) is 3.18. The molecule has 0 aliphatic carbocycles. The Bertz CT molecular complexity index is 832. The summed E-state index contributed by atoms with van der Waals surface area (Å²) in [7, 11) is 0. The van der Waals surface area contributed by atoms with E-state index >= 15 is 0 Å². The zero-order valence-corrected chi connectivity index (χ0v) is 14.3. The van der Waals surface area contributed by atoms with Gasteiger partial charge in [-0.25, -0.2) is 0 Å².